The van der Waals surface area contributed by atoms with Crippen molar-refractivity contribution in [3.63, 3.8) is 0 Å². The van der Waals surface area contributed by atoms with E-state index in [4.69, 9.17) is 10.2 Å². The first-order chi connectivity index (χ1) is 12.4. The maximum absolute atomic E-state index is 10.9. The summed E-state index contributed by atoms with van der Waals surface area (Å²) in [6.07, 6.45) is 17.5. The van der Waals surface area contributed by atoms with Crippen molar-refractivity contribution >= 4 is 11.9 Å². The highest BCUT2D eigenvalue weighted by molar-refractivity contribution is 5.67. The Morgan fingerprint density at radius 2 is 1.00 bits per heavy atom. The minimum atomic E-state index is -0.676. The molecule has 0 rings (SSSR count). The van der Waals surface area contributed by atoms with Gasteiger partial charge in [-0.15, -0.1) is 0 Å². The van der Waals surface area contributed by atoms with Crippen molar-refractivity contribution in [2.24, 2.45) is 11.8 Å². The second-order valence-electron chi connectivity index (χ2n) is 8.13. The number of unbranched alkanes of at least 4 members (excludes halogenated alkanes) is 12. The van der Waals surface area contributed by atoms with Crippen LogP contribution in [0.5, 0.6) is 0 Å². The summed E-state index contributed by atoms with van der Waals surface area (Å²) in [6.45, 7) is 4.26. The Morgan fingerprint density at radius 3 is 1.35 bits per heavy atom. The molecule has 2 N–H and O–H groups in total. The Hall–Kier alpha value is -1.06. The SMILES string of the molecule is CC(C)C(CCCCCCCCCCCCCCCC(=O)O)CC(=O)O. The predicted octanol–water partition coefficient (Wildman–Crippen LogP) is 6.67. The van der Waals surface area contributed by atoms with Gasteiger partial charge in [0.1, 0.15) is 0 Å². The van der Waals surface area contributed by atoms with Gasteiger partial charge in [-0.25, -0.2) is 0 Å². The quantitative estimate of drug-likeness (QED) is 0.249. The summed E-state index contributed by atoms with van der Waals surface area (Å²) >= 11 is 0. The zero-order valence-electron chi connectivity index (χ0n) is 17.2. The Bertz CT molecular complexity index is 352. The lowest BCUT2D eigenvalue weighted by Gasteiger charge is -2.18. The van der Waals surface area contributed by atoms with E-state index < -0.39 is 11.9 Å². The molecule has 0 saturated heterocycles. The van der Waals surface area contributed by atoms with E-state index in [1.807, 2.05) is 0 Å². The van der Waals surface area contributed by atoms with E-state index >= 15 is 0 Å². The van der Waals surface area contributed by atoms with Crippen LogP contribution in [0.3, 0.4) is 0 Å². The van der Waals surface area contributed by atoms with E-state index in [-0.39, 0.29) is 0 Å². The van der Waals surface area contributed by atoms with Gasteiger partial charge in [0.2, 0.25) is 0 Å². The van der Waals surface area contributed by atoms with Crippen LogP contribution in [0.4, 0.5) is 0 Å². The van der Waals surface area contributed by atoms with Crippen LogP contribution in [0.15, 0.2) is 0 Å². The van der Waals surface area contributed by atoms with Gasteiger partial charge < -0.3 is 10.2 Å². The molecule has 1 atom stereocenters. The first kappa shape index (κ1) is 24.9. The number of aliphatic carboxylic acids is 2. The third-order valence-corrected chi connectivity index (χ3v) is 5.35. The van der Waals surface area contributed by atoms with Crippen LogP contribution >= 0.6 is 0 Å². The second kappa shape index (κ2) is 17.4. The van der Waals surface area contributed by atoms with Gasteiger partial charge in [0.05, 0.1) is 0 Å². The number of hydrogen-bond acceptors (Lipinski definition) is 2. The molecule has 0 saturated carbocycles. The molecule has 0 aliphatic rings. The molecule has 0 bridgehead atoms. The highest BCUT2D eigenvalue weighted by atomic mass is 16.4. The number of rotatable bonds is 19. The predicted molar refractivity (Wildman–Crippen MR) is 107 cm³/mol. The molecule has 4 heteroatoms. The topological polar surface area (TPSA) is 74.6 Å². The third kappa shape index (κ3) is 17.8. The Labute approximate surface area is 160 Å². The average molecular weight is 371 g/mol. The molecule has 4 nitrogen and oxygen atoms in total. The molecule has 154 valence electrons. The summed E-state index contributed by atoms with van der Waals surface area (Å²) in [7, 11) is 0. The van der Waals surface area contributed by atoms with Gasteiger partial charge in [-0.3, -0.25) is 9.59 Å². The molecule has 26 heavy (non-hydrogen) atoms. The fourth-order valence-electron chi connectivity index (χ4n) is 3.52. The zero-order valence-corrected chi connectivity index (χ0v) is 17.2. The molecule has 0 heterocycles. The number of carboxylic acids is 2. The molecule has 0 spiro atoms. The van der Waals surface area contributed by atoms with Gasteiger partial charge in [0, 0.05) is 12.8 Å². The van der Waals surface area contributed by atoms with Gasteiger partial charge in [0.25, 0.3) is 0 Å². The normalized spacial score (nSPS) is 12.4. The largest absolute Gasteiger partial charge is 0.481 e. The van der Waals surface area contributed by atoms with Crippen LogP contribution in [-0.4, -0.2) is 22.2 Å². The van der Waals surface area contributed by atoms with Crippen LogP contribution in [0.2, 0.25) is 0 Å². The summed E-state index contributed by atoms with van der Waals surface area (Å²) < 4.78 is 0. The lowest BCUT2D eigenvalue weighted by Crippen LogP contribution is -2.13. The molecule has 0 amide bonds. The van der Waals surface area contributed by atoms with Gasteiger partial charge in [-0.1, -0.05) is 90.9 Å². The molecular formula is C22H42O4. The standard InChI is InChI=1S/C22H42O4/c1-19(2)20(18-22(25)26)16-14-12-10-8-6-4-3-5-7-9-11-13-15-17-21(23)24/h19-20H,3-18H2,1-2H3,(H,23,24)(H,25,26). The smallest absolute Gasteiger partial charge is 0.303 e. The van der Waals surface area contributed by atoms with Crippen molar-refractivity contribution in [3.8, 4) is 0 Å². The van der Waals surface area contributed by atoms with Crippen LogP contribution in [-0.2, 0) is 9.59 Å². The summed E-state index contributed by atoms with van der Waals surface area (Å²) in [5.74, 6) is -0.547. The zero-order chi connectivity index (χ0) is 19.6. The summed E-state index contributed by atoms with van der Waals surface area (Å²) in [6, 6.07) is 0. The Kier molecular flexibility index (Phi) is 16.7. The van der Waals surface area contributed by atoms with Gasteiger partial charge in [0.15, 0.2) is 0 Å². The van der Waals surface area contributed by atoms with E-state index in [9.17, 15) is 9.59 Å². The second-order valence-corrected chi connectivity index (χ2v) is 8.13. The van der Waals surface area contributed by atoms with Crippen molar-refractivity contribution in [2.45, 2.75) is 117 Å². The first-order valence-corrected chi connectivity index (χ1v) is 10.9. The van der Waals surface area contributed by atoms with Crippen molar-refractivity contribution in [2.75, 3.05) is 0 Å². The summed E-state index contributed by atoms with van der Waals surface area (Å²) in [4.78, 5) is 21.3. The summed E-state index contributed by atoms with van der Waals surface area (Å²) in [5, 5.41) is 17.5. The fraction of sp³-hybridized carbons (Fsp3) is 0.909. The lowest BCUT2D eigenvalue weighted by atomic mass is 9.87. The molecule has 0 fully saturated rings. The third-order valence-electron chi connectivity index (χ3n) is 5.35. The van der Waals surface area contributed by atoms with Crippen LogP contribution in [0.1, 0.15) is 117 Å². The van der Waals surface area contributed by atoms with Gasteiger partial charge >= 0.3 is 11.9 Å². The number of hydrogen-bond donors (Lipinski definition) is 2. The fourth-order valence-corrected chi connectivity index (χ4v) is 3.52. The van der Waals surface area contributed by atoms with E-state index in [0.717, 1.165) is 25.7 Å². The van der Waals surface area contributed by atoms with Crippen molar-refractivity contribution < 1.29 is 19.8 Å². The Balaban J connectivity index is 3.28. The first-order valence-electron chi connectivity index (χ1n) is 10.9. The van der Waals surface area contributed by atoms with Crippen molar-refractivity contribution in [1.29, 1.82) is 0 Å². The molecule has 0 aromatic heterocycles. The highest BCUT2D eigenvalue weighted by Gasteiger charge is 2.16. The minimum absolute atomic E-state index is 0.317. The molecule has 1 unspecified atom stereocenters. The maximum Gasteiger partial charge on any atom is 0.303 e. The van der Waals surface area contributed by atoms with E-state index in [1.165, 1.54) is 64.2 Å². The molecule has 0 aromatic carbocycles. The maximum atomic E-state index is 10.9. The van der Waals surface area contributed by atoms with E-state index in [2.05, 4.69) is 13.8 Å². The van der Waals surface area contributed by atoms with Crippen molar-refractivity contribution in [1.82, 2.24) is 0 Å². The monoisotopic (exact) mass is 370 g/mol. The molecular weight excluding hydrogens is 328 g/mol. The molecule has 0 aliphatic heterocycles. The molecule has 0 aromatic rings. The Morgan fingerprint density at radius 1 is 0.615 bits per heavy atom. The lowest BCUT2D eigenvalue weighted by molar-refractivity contribution is -0.139. The molecule has 0 aliphatic carbocycles. The van der Waals surface area contributed by atoms with E-state index in [0.29, 0.717) is 24.7 Å². The van der Waals surface area contributed by atoms with E-state index in [1.54, 1.807) is 0 Å². The molecule has 0 radical (unpaired) electrons. The highest BCUT2D eigenvalue weighted by Crippen LogP contribution is 2.23. The van der Waals surface area contributed by atoms with Crippen LogP contribution < -0.4 is 0 Å². The summed E-state index contributed by atoms with van der Waals surface area (Å²) in [5.41, 5.74) is 0. The average Bonchev–Trinajstić information content (AvgIpc) is 2.56. The van der Waals surface area contributed by atoms with Gasteiger partial charge in [-0.2, -0.15) is 0 Å². The number of carbonyl (C=O) groups is 2. The van der Waals surface area contributed by atoms with Crippen LogP contribution in [0, 0.1) is 11.8 Å². The van der Waals surface area contributed by atoms with Crippen molar-refractivity contribution in [3.05, 3.63) is 0 Å². The van der Waals surface area contributed by atoms with Crippen LogP contribution in [0.25, 0.3) is 0 Å². The number of carboxylic acid groups (broad SMARTS) is 2. The minimum Gasteiger partial charge on any atom is -0.481 e. The van der Waals surface area contributed by atoms with Gasteiger partial charge in [-0.05, 0) is 24.7 Å².